The molecule has 0 heterocycles. The van der Waals surface area contributed by atoms with Gasteiger partial charge in [0.1, 0.15) is 4.90 Å². The van der Waals surface area contributed by atoms with Gasteiger partial charge < -0.3 is 9.47 Å². The molecule has 0 fully saturated rings. The molecule has 0 aromatic heterocycles. The summed E-state index contributed by atoms with van der Waals surface area (Å²) in [6.45, 7) is 4.75. The molecule has 0 atom stereocenters. The lowest BCUT2D eigenvalue weighted by molar-refractivity contribution is 0.0447. The molecule has 1 rings (SSSR count). The Bertz CT molecular complexity index is 1240. The average molecular weight is 775 g/mol. The van der Waals surface area contributed by atoms with Gasteiger partial charge in [0.25, 0.3) is 10.1 Å². The molecule has 0 aliphatic carbocycles. The molecule has 0 bridgehead atoms. The Morgan fingerprint density at radius 1 is 0.500 bits per heavy atom. The second-order valence-corrected chi connectivity index (χ2v) is 16.4. The molecule has 0 spiro atoms. The Morgan fingerprint density at radius 3 is 1.20 bits per heavy atom. The van der Waals surface area contributed by atoms with E-state index in [0.29, 0.717) is 12.8 Å². The number of ether oxygens (including phenoxy) is 2. The molecule has 0 saturated carbocycles. The van der Waals surface area contributed by atoms with Crippen LogP contribution in [0.4, 0.5) is 0 Å². The van der Waals surface area contributed by atoms with E-state index in [-0.39, 0.29) is 18.8 Å². The molecule has 7 nitrogen and oxygen atoms in total. The molecule has 310 valence electrons. The molecule has 1 N–H and O–H groups in total. The third kappa shape index (κ3) is 27.2. The second-order valence-electron chi connectivity index (χ2n) is 15.0. The number of unbranched alkanes of at least 4 members (excludes halogenated alkanes) is 26. The van der Waals surface area contributed by atoms with E-state index in [9.17, 15) is 22.6 Å². The van der Waals surface area contributed by atoms with Crippen molar-refractivity contribution in [2.75, 3.05) is 13.2 Å². The molecule has 0 aliphatic heterocycles. The van der Waals surface area contributed by atoms with Crippen LogP contribution in [0.1, 0.15) is 227 Å². The number of benzene rings is 1. The van der Waals surface area contributed by atoms with Gasteiger partial charge in [-0.05, 0) is 89.2 Å². The van der Waals surface area contributed by atoms with Gasteiger partial charge in [-0.2, -0.15) is 8.42 Å². The fourth-order valence-electron chi connectivity index (χ4n) is 6.66. The maximum Gasteiger partial charge on any atom is 0.340 e. The van der Waals surface area contributed by atoms with Gasteiger partial charge in [0.2, 0.25) is 0 Å². The summed E-state index contributed by atoms with van der Waals surface area (Å²) in [5.41, 5.74) is -0.704. The smallest absolute Gasteiger partial charge is 0.340 e. The third-order valence-corrected chi connectivity index (χ3v) is 10.9. The summed E-state index contributed by atoms with van der Waals surface area (Å²) in [4.78, 5) is 25.3. The van der Waals surface area contributed by atoms with Gasteiger partial charge in [-0.15, -0.1) is 0 Å². The van der Waals surface area contributed by atoms with Crippen LogP contribution in [0.25, 0.3) is 0 Å². The molecule has 1 aromatic rings. The minimum Gasteiger partial charge on any atom is -0.462 e. The lowest BCUT2D eigenvalue weighted by Crippen LogP contribution is -2.19. The fraction of sp³-hybridized carbons (Fsp3) is 0.739. The maximum atomic E-state index is 13.0. The van der Waals surface area contributed by atoms with Crippen LogP contribution >= 0.6 is 0 Å². The van der Waals surface area contributed by atoms with Crippen LogP contribution in [0.3, 0.4) is 0 Å². The van der Waals surface area contributed by atoms with Crippen molar-refractivity contribution in [3.05, 3.63) is 53.6 Å². The first-order valence-electron chi connectivity index (χ1n) is 22.1. The Labute approximate surface area is 331 Å². The minimum atomic E-state index is -4.77. The van der Waals surface area contributed by atoms with Crippen molar-refractivity contribution in [1.29, 1.82) is 0 Å². The average Bonchev–Trinajstić information content (AvgIpc) is 3.16. The van der Waals surface area contributed by atoms with Crippen LogP contribution in [0.5, 0.6) is 0 Å². The van der Waals surface area contributed by atoms with Crippen LogP contribution < -0.4 is 0 Å². The molecule has 0 aliphatic rings. The molecule has 0 saturated heterocycles. The number of carbonyl (C=O) groups is 2. The highest BCUT2D eigenvalue weighted by Crippen LogP contribution is 2.23. The van der Waals surface area contributed by atoms with Crippen LogP contribution in [-0.2, 0) is 19.6 Å². The molecular weight excluding hydrogens is 697 g/mol. The molecule has 0 radical (unpaired) electrons. The number of esters is 2. The molecule has 0 amide bonds. The van der Waals surface area contributed by atoms with Crippen molar-refractivity contribution in [2.24, 2.45) is 0 Å². The quantitative estimate of drug-likeness (QED) is 0.0310. The first-order chi connectivity index (χ1) is 26.3. The summed E-state index contributed by atoms with van der Waals surface area (Å²) in [6, 6.07) is 3.73. The van der Waals surface area contributed by atoms with E-state index in [1.807, 2.05) is 0 Å². The zero-order valence-electron chi connectivity index (χ0n) is 34.5. The van der Waals surface area contributed by atoms with Gasteiger partial charge in [0.05, 0.1) is 24.3 Å². The van der Waals surface area contributed by atoms with Gasteiger partial charge >= 0.3 is 11.9 Å². The lowest BCUT2D eigenvalue weighted by atomic mass is 10.1. The van der Waals surface area contributed by atoms with Gasteiger partial charge in [0.15, 0.2) is 0 Å². The molecule has 1 aromatic carbocycles. The first-order valence-corrected chi connectivity index (χ1v) is 23.5. The van der Waals surface area contributed by atoms with E-state index in [0.717, 1.165) is 57.4 Å². The van der Waals surface area contributed by atoms with Crippen molar-refractivity contribution < 1.29 is 32.0 Å². The Kier molecular flexibility index (Phi) is 32.1. The van der Waals surface area contributed by atoms with Crippen molar-refractivity contribution in [2.45, 2.75) is 211 Å². The summed E-state index contributed by atoms with van der Waals surface area (Å²) < 4.78 is 44.8. The Hall–Kier alpha value is -2.45. The van der Waals surface area contributed by atoms with Crippen molar-refractivity contribution >= 4 is 22.1 Å². The monoisotopic (exact) mass is 775 g/mol. The summed E-state index contributed by atoms with van der Waals surface area (Å²) in [5.74, 6) is -1.77. The van der Waals surface area contributed by atoms with E-state index >= 15 is 0 Å². The normalized spacial score (nSPS) is 11.9. The fourth-order valence-corrected chi connectivity index (χ4v) is 7.36. The number of rotatable bonds is 37. The summed E-state index contributed by atoms with van der Waals surface area (Å²) >= 11 is 0. The maximum absolute atomic E-state index is 13.0. The van der Waals surface area contributed by atoms with Gasteiger partial charge in [-0.3, -0.25) is 4.55 Å². The van der Waals surface area contributed by atoms with Crippen molar-refractivity contribution in [3.8, 4) is 0 Å². The van der Waals surface area contributed by atoms with E-state index < -0.39 is 32.5 Å². The molecule has 54 heavy (non-hydrogen) atoms. The molecular formula is C46H78O7S. The minimum absolute atomic E-state index is 0.0865. The topological polar surface area (TPSA) is 107 Å². The van der Waals surface area contributed by atoms with Crippen molar-refractivity contribution in [1.82, 2.24) is 0 Å². The van der Waals surface area contributed by atoms with Gasteiger partial charge in [0, 0.05) is 0 Å². The summed E-state index contributed by atoms with van der Waals surface area (Å²) in [5, 5.41) is 0. The number of hydrogen-bond acceptors (Lipinski definition) is 6. The summed E-state index contributed by atoms with van der Waals surface area (Å²) in [7, 11) is -4.77. The van der Waals surface area contributed by atoms with Crippen LogP contribution in [0, 0.1) is 0 Å². The van der Waals surface area contributed by atoms with E-state index in [1.165, 1.54) is 141 Å². The highest BCUT2D eigenvalue weighted by atomic mass is 32.2. The SMILES string of the molecule is CCCCCCCCCCCC/C=C/CCCCCOC(=O)c1cccc(S(=O)(=O)O)c1C(=O)OCCCCC/C=C/CCCCCCCCCCCC. The summed E-state index contributed by atoms with van der Waals surface area (Å²) in [6.07, 6.45) is 44.9. The van der Waals surface area contributed by atoms with E-state index in [1.54, 1.807) is 0 Å². The van der Waals surface area contributed by atoms with Crippen LogP contribution in [0.15, 0.2) is 47.4 Å². The van der Waals surface area contributed by atoms with Gasteiger partial charge in [-0.25, -0.2) is 9.59 Å². The standard InChI is InChI=1S/C46H78O7S/c1-3-5-7-9-11-13-15-17-19-21-23-25-27-29-31-33-35-40-52-45(47)42-38-37-39-43(54(49,50)51)44(42)46(48)53-41-36-34-32-30-28-26-24-22-20-18-16-14-12-10-8-6-4-2/h25-28,37-39H,3-24,29-36,40-41H2,1-2H3,(H,49,50,51)/b27-25+,28-26+. The predicted molar refractivity (Wildman–Crippen MR) is 225 cm³/mol. The predicted octanol–water partition coefficient (Wildman–Crippen LogP) is 14.1. The largest absolute Gasteiger partial charge is 0.462 e. The van der Waals surface area contributed by atoms with Crippen LogP contribution in [0.2, 0.25) is 0 Å². The highest BCUT2D eigenvalue weighted by molar-refractivity contribution is 7.86. The number of hydrogen-bond donors (Lipinski definition) is 1. The van der Waals surface area contributed by atoms with Crippen molar-refractivity contribution in [3.63, 3.8) is 0 Å². The number of allylic oxidation sites excluding steroid dienone is 4. The third-order valence-electron chi connectivity index (χ3n) is 10.0. The van der Waals surface area contributed by atoms with E-state index in [2.05, 4.69) is 38.2 Å². The Balaban J connectivity index is 2.26. The van der Waals surface area contributed by atoms with E-state index in [4.69, 9.17) is 9.47 Å². The zero-order valence-corrected chi connectivity index (χ0v) is 35.3. The second kappa shape index (κ2) is 35.0. The molecule has 0 unspecified atom stereocenters. The number of carbonyl (C=O) groups excluding carboxylic acids is 2. The zero-order chi connectivity index (χ0) is 39.4. The lowest BCUT2D eigenvalue weighted by Gasteiger charge is -2.12. The molecule has 8 heteroatoms. The van der Waals surface area contributed by atoms with Crippen LogP contribution in [-0.4, -0.2) is 38.1 Å². The van der Waals surface area contributed by atoms with Gasteiger partial charge in [-0.1, -0.05) is 160 Å². The highest BCUT2D eigenvalue weighted by Gasteiger charge is 2.28. The Morgan fingerprint density at radius 2 is 0.833 bits per heavy atom. The first kappa shape index (κ1) is 49.6.